The predicted molar refractivity (Wildman–Crippen MR) is 42.8 cm³/mol. The SMILES string of the molecule is CC(C)[PH](=NO)C(C)C. The molecule has 0 aliphatic carbocycles. The molecule has 0 heterocycles. The van der Waals surface area contributed by atoms with Gasteiger partial charge in [-0.05, 0) is 19.0 Å². The van der Waals surface area contributed by atoms with E-state index in [0.717, 1.165) is 0 Å². The molecule has 56 valence electrons. The Labute approximate surface area is 57.7 Å². The van der Waals surface area contributed by atoms with Crippen LogP contribution >= 0.6 is 7.71 Å². The van der Waals surface area contributed by atoms with E-state index in [4.69, 9.17) is 5.21 Å². The van der Waals surface area contributed by atoms with Gasteiger partial charge in [-0.3, -0.25) is 5.21 Å². The maximum absolute atomic E-state index is 8.54. The van der Waals surface area contributed by atoms with Crippen LogP contribution in [0, 0.1) is 0 Å². The zero-order valence-corrected chi connectivity index (χ0v) is 7.55. The van der Waals surface area contributed by atoms with Gasteiger partial charge in [0.25, 0.3) is 0 Å². The first-order valence-corrected chi connectivity index (χ1v) is 4.91. The minimum Gasteiger partial charge on any atom is -0.269 e. The molecule has 9 heavy (non-hydrogen) atoms. The molecule has 0 saturated carbocycles. The third kappa shape index (κ3) is 3.02. The lowest BCUT2D eigenvalue weighted by atomic mass is 10.5. The predicted octanol–water partition coefficient (Wildman–Crippen LogP) is 2.59. The van der Waals surface area contributed by atoms with Gasteiger partial charge >= 0.3 is 0 Å². The highest BCUT2D eigenvalue weighted by Crippen LogP contribution is 2.36. The van der Waals surface area contributed by atoms with Crippen molar-refractivity contribution < 1.29 is 5.21 Å². The van der Waals surface area contributed by atoms with Gasteiger partial charge in [0.1, 0.15) is 0 Å². The molecule has 0 aromatic rings. The van der Waals surface area contributed by atoms with E-state index in [1.54, 1.807) is 0 Å². The Bertz CT molecular complexity index is 99.6. The highest BCUT2D eigenvalue weighted by molar-refractivity contribution is 7.48. The summed E-state index contributed by atoms with van der Waals surface area (Å²) in [5.41, 5.74) is 1.08. The lowest BCUT2D eigenvalue weighted by molar-refractivity contribution is 0.326. The van der Waals surface area contributed by atoms with Crippen molar-refractivity contribution in [1.82, 2.24) is 0 Å². The largest absolute Gasteiger partial charge is 0.269 e. The van der Waals surface area contributed by atoms with Crippen LogP contribution in [-0.4, -0.2) is 16.5 Å². The van der Waals surface area contributed by atoms with Crippen LogP contribution in [0.5, 0.6) is 0 Å². The van der Waals surface area contributed by atoms with E-state index in [2.05, 4.69) is 32.6 Å². The fraction of sp³-hybridized carbons (Fsp3) is 1.00. The highest BCUT2D eigenvalue weighted by atomic mass is 31.1. The van der Waals surface area contributed by atoms with Crippen LogP contribution in [0.4, 0.5) is 0 Å². The Balaban J connectivity index is 4.01. The second-order valence-electron chi connectivity index (χ2n) is 2.83. The van der Waals surface area contributed by atoms with Gasteiger partial charge in [0.05, 0.1) is 0 Å². The van der Waals surface area contributed by atoms with Crippen LogP contribution in [-0.2, 0) is 0 Å². The number of hydrogen-bond acceptors (Lipinski definition) is 1. The first kappa shape index (κ1) is 9.19. The van der Waals surface area contributed by atoms with Gasteiger partial charge in [0.15, 0.2) is 0 Å². The number of rotatable bonds is 2. The van der Waals surface area contributed by atoms with Crippen LogP contribution in [0.15, 0.2) is 4.91 Å². The standard InChI is InChI=1S/C6H16NOP/c1-5(2)9(7-8)6(3)4/h5-6,8-9H,1-4H3. The molecule has 0 aromatic heterocycles. The summed E-state index contributed by atoms with van der Waals surface area (Å²) in [5, 5.41) is 8.54. The second-order valence-corrected chi connectivity index (χ2v) is 6.19. The molecular weight excluding hydrogens is 133 g/mol. The topological polar surface area (TPSA) is 32.6 Å². The molecule has 0 aliphatic heterocycles. The average molecular weight is 149 g/mol. The van der Waals surface area contributed by atoms with Crippen LogP contribution in [0.3, 0.4) is 0 Å². The fourth-order valence-electron chi connectivity index (χ4n) is 0.898. The minimum atomic E-state index is -0.837. The van der Waals surface area contributed by atoms with Gasteiger partial charge < -0.3 is 0 Å². The minimum absolute atomic E-state index is 0.542. The first-order chi connectivity index (χ1) is 4.09. The molecule has 0 unspecified atom stereocenters. The summed E-state index contributed by atoms with van der Waals surface area (Å²) in [5.74, 6) is 0. The Morgan fingerprint density at radius 3 is 1.44 bits per heavy atom. The molecule has 0 spiro atoms. The summed E-state index contributed by atoms with van der Waals surface area (Å²) in [4.78, 5) is 3.39. The molecule has 0 amide bonds. The van der Waals surface area contributed by atoms with E-state index in [1.807, 2.05) is 0 Å². The van der Waals surface area contributed by atoms with Crippen molar-refractivity contribution in [2.24, 2.45) is 4.91 Å². The Hall–Kier alpha value is 0.190. The molecule has 2 nitrogen and oxygen atoms in total. The first-order valence-electron chi connectivity index (χ1n) is 3.31. The van der Waals surface area contributed by atoms with Crippen molar-refractivity contribution in [3.8, 4) is 0 Å². The zero-order valence-electron chi connectivity index (χ0n) is 6.55. The number of nitrogens with zero attached hydrogens (tertiary/aromatic N) is 1. The van der Waals surface area contributed by atoms with E-state index in [9.17, 15) is 0 Å². The lowest BCUT2D eigenvalue weighted by Gasteiger charge is -2.12. The van der Waals surface area contributed by atoms with Gasteiger partial charge in [-0.15, -0.1) is 0 Å². The summed E-state index contributed by atoms with van der Waals surface area (Å²) in [6.07, 6.45) is 0. The van der Waals surface area contributed by atoms with Crippen LogP contribution in [0.1, 0.15) is 27.7 Å². The van der Waals surface area contributed by atoms with E-state index in [1.165, 1.54) is 0 Å². The summed E-state index contributed by atoms with van der Waals surface area (Å²) in [6.45, 7) is 8.42. The Morgan fingerprint density at radius 2 is 1.44 bits per heavy atom. The van der Waals surface area contributed by atoms with Crippen LogP contribution in [0.2, 0.25) is 0 Å². The van der Waals surface area contributed by atoms with Crippen molar-refractivity contribution in [2.45, 2.75) is 39.0 Å². The molecule has 0 fully saturated rings. The molecule has 0 radical (unpaired) electrons. The summed E-state index contributed by atoms with van der Waals surface area (Å²) in [7, 11) is -0.837. The molecule has 0 rings (SSSR count). The maximum Gasteiger partial charge on any atom is -0.000825 e. The molecule has 0 bridgehead atoms. The van der Waals surface area contributed by atoms with Crippen LogP contribution in [0.25, 0.3) is 0 Å². The maximum atomic E-state index is 8.54. The second kappa shape index (κ2) is 4.08. The molecule has 1 N–H and O–H groups in total. The van der Waals surface area contributed by atoms with Crippen molar-refractivity contribution in [3.05, 3.63) is 0 Å². The molecule has 0 aliphatic rings. The van der Waals surface area contributed by atoms with Crippen LogP contribution < -0.4 is 0 Å². The fourth-order valence-corrected chi connectivity index (χ4v) is 2.69. The normalized spacial score (nSPS) is 11.6. The molecule has 0 saturated heterocycles. The molecule has 3 heteroatoms. The van der Waals surface area contributed by atoms with Gasteiger partial charge in [-0.2, -0.15) is 4.91 Å². The third-order valence-electron chi connectivity index (χ3n) is 1.30. The molecule has 0 aromatic carbocycles. The Kier molecular flexibility index (Phi) is 4.16. The molecule has 0 atom stereocenters. The Morgan fingerprint density at radius 1 is 1.11 bits per heavy atom. The smallest absolute Gasteiger partial charge is 0.000825 e. The van der Waals surface area contributed by atoms with E-state index in [0.29, 0.717) is 11.3 Å². The average Bonchev–Trinajstić information content (AvgIpc) is 1.64. The number of hydrogen-bond donors (Lipinski definition) is 1. The monoisotopic (exact) mass is 149 g/mol. The summed E-state index contributed by atoms with van der Waals surface area (Å²) < 4.78 is 0. The van der Waals surface area contributed by atoms with Crippen molar-refractivity contribution >= 4 is 7.71 Å². The van der Waals surface area contributed by atoms with Gasteiger partial charge in [0, 0.05) is 0 Å². The van der Waals surface area contributed by atoms with E-state index in [-0.39, 0.29) is 0 Å². The molecular formula is C6H16NOP. The van der Waals surface area contributed by atoms with E-state index >= 15 is 0 Å². The van der Waals surface area contributed by atoms with Crippen molar-refractivity contribution in [2.75, 3.05) is 0 Å². The summed E-state index contributed by atoms with van der Waals surface area (Å²) in [6, 6.07) is 0. The lowest BCUT2D eigenvalue weighted by Crippen LogP contribution is -1.96. The van der Waals surface area contributed by atoms with Gasteiger partial charge in [0.2, 0.25) is 0 Å². The third-order valence-corrected chi connectivity index (χ3v) is 3.90. The van der Waals surface area contributed by atoms with Crippen molar-refractivity contribution in [3.63, 3.8) is 0 Å². The summed E-state index contributed by atoms with van der Waals surface area (Å²) >= 11 is 0. The highest BCUT2D eigenvalue weighted by Gasteiger charge is 2.06. The zero-order chi connectivity index (χ0) is 7.44. The van der Waals surface area contributed by atoms with Gasteiger partial charge in [-0.25, -0.2) is 0 Å². The quantitative estimate of drug-likeness (QED) is 0.475. The van der Waals surface area contributed by atoms with Crippen molar-refractivity contribution in [1.29, 1.82) is 0 Å². The van der Waals surface area contributed by atoms with Gasteiger partial charge in [-0.1, -0.05) is 27.7 Å². The van der Waals surface area contributed by atoms with E-state index < -0.39 is 7.71 Å².